The summed E-state index contributed by atoms with van der Waals surface area (Å²) in [6.45, 7) is 4.11. The Labute approximate surface area is 265 Å². The van der Waals surface area contributed by atoms with Gasteiger partial charge in [-0.05, 0) is 61.2 Å². The molecule has 0 saturated carbocycles. The normalized spacial score (nSPS) is 12.7. The first-order valence-electron chi connectivity index (χ1n) is 14.1. The highest BCUT2D eigenvalue weighted by molar-refractivity contribution is 7.92. The van der Waals surface area contributed by atoms with Gasteiger partial charge in [0.1, 0.15) is 11.8 Å². The molecule has 2 amide bonds. The Kier molecular flexibility index (Phi) is 12.7. The fraction of sp³-hybridized carbons (Fsp3) is 0.375. The summed E-state index contributed by atoms with van der Waals surface area (Å²) in [5.74, 6) is -0.105. The van der Waals surface area contributed by atoms with Crippen LogP contribution in [0.2, 0.25) is 10.0 Å². The zero-order chi connectivity index (χ0) is 31.6. The molecule has 43 heavy (non-hydrogen) atoms. The smallest absolute Gasteiger partial charge is 0.243 e. The monoisotopic (exact) mass is 647 g/mol. The van der Waals surface area contributed by atoms with Crippen LogP contribution in [0.3, 0.4) is 0 Å². The van der Waals surface area contributed by atoms with Crippen molar-refractivity contribution >= 4 is 50.7 Å². The third kappa shape index (κ3) is 10.2. The van der Waals surface area contributed by atoms with Gasteiger partial charge in [0.05, 0.1) is 24.1 Å². The zero-order valence-electron chi connectivity index (χ0n) is 24.9. The van der Waals surface area contributed by atoms with Crippen LogP contribution in [0.5, 0.6) is 5.75 Å². The van der Waals surface area contributed by atoms with Crippen LogP contribution < -0.4 is 14.4 Å². The molecular formula is C32H39Cl2N3O5S. The molecule has 0 bridgehead atoms. The van der Waals surface area contributed by atoms with Crippen molar-refractivity contribution in [2.45, 2.75) is 58.2 Å². The number of sulfonamides is 1. The highest BCUT2D eigenvalue weighted by Crippen LogP contribution is 2.30. The van der Waals surface area contributed by atoms with Crippen molar-refractivity contribution in [2.75, 3.05) is 24.2 Å². The lowest BCUT2D eigenvalue weighted by Crippen LogP contribution is -2.52. The Hall–Kier alpha value is -3.27. The fourth-order valence-corrected chi connectivity index (χ4v) is 6.06. The van der Waals surface area contributed by atoms with Crippen molar-refractivity contribution in [1.29, 1.82) is 0 Å². The highest BCUT2D eigenvalue weighted by Gasteiger charge is 2.31. The molecule has 11 heteroatoms. The van der Waals surface area contributed by atoms with Crippen molar-refractivity contribution in [3.63, 3.8) is 0 Å². The van der Waals surface area contributed by atoms with Crippen LogP contribution in [-0.2, 0) is 32.6 Å². The molecule has 0 aliphatic heterocycles. The number of nitrogens with zero attached hydrogens (tertiary/aromatic N) is 2. The van der Waals surface area contributed by atoms with E-state index in [9.17, 15) is 18.0 Å². The van der Waals surface area contributed by atoms with Crippen LogP contribution in [-0.4, -0.2) is 57.1 Å². The van der Waals surface area contributed by atoms with Crippen molar-refractivity contribution < 1.29 is 22.7 Å². The van der Waals surface area contributed by atoms with Gasteiger partial charge in [0.15, 0.2) is 0 Å². The van der Waals surface area contributed by atoms with E-state index in [1.807, 2.05) is 50.2 Å². The predicted molar refractivity (Wildman–Crippen MR) is 173 cm³/mol. The van der Waals surface area contributed by atoms with Crippen molar-refractivity contribution in [3.05, 3.63) is 94.0 Å². The summed E-state index contributed by atoms with van der Waals surface area (Å²) in [6.07, 6.45) is 2.39. The minimum absolute atomic E-state index is 0.0123. The topological polar surface area (TPSA) is 96.0 Å². The Morgan fingerprint density at radius 2 is 1.67 bits per heavy atom. The molecule has 0 aliphatic carbocycles. The van der Waals surface area contributed by atoms with Gasteiger partial charge in [0, 0.05) is 37.0 Å². The summed E-state index contributed by atoms with van der Waals surface area (Å²) in [6, 6.07) is 20.6. The summed E-state index contributed by atoms with van der Waals surface area (Å²) in [7, 11) is -2.21. The van der Waals surface area contributed by atoms with Crippen LogP contribution in [0.1, 0.15) is 44.2 Å². The highest BCUT2D eigenvalue weighted by atomic mass is 35.5. The molecule has 0 aromatic heterocycles. The quantitative estimate of drug-likeness (QED) is 0.215. The SMILES string of the molecule is CC[C@H](C)NC(=O)[C@@H](Cc1ccccc1)N(Cc1cccc(Cl)c1)C(=O)CCCN(c1ccc(OC)c(Cl)c1)S(C)(=O)=O. The summed E-state index contributed by atoms with van der Waals surface area (Å²) in [5, 5.41) is 3.84. The van der Waals surface area contributed by atoms with Crippen molar-refractivity contribution in [1.82, 2.24) is 10.2 Å². The van der Waals surface area contributed by atoms with Gasteiger partial charge < -0.3 is 15.0 Å². The number of carbonyl (C=O) groups is 2. The number of anilines is 1. The number of benzene rings is 3. The molecule has 3 rings (SSSR count). The lowest BCUT2D eigenvalue weighted by molar-refractivity contribution is -0.141. The summed E-state index contributed by atoms with van der Waals surface area (Å²) in [4.78, 5) is 29.2. The lowest BCUT2D eigenvalue weighted by Gasteiger charge is -2.32. The molecule has 0 saturated heterocycles. The van der Waals surface area contributed by atoms with Crippen LogP contribution in [0.4, 0.5) is 5.69 Å². The van der Waals surface area contributed by atoms with E-state index in [4.69, 9.17) is 27.9 Å². The number of methoxy groups -OCH3 is 1. The van der Waals surface area contributed by atoms with Crippen LogP contribution in [0, 0.1) is 0 Å². The molecule has 1 N–H and O–H groups in total. The molecule has 0 aliphatic rings. The second-order valence-corrected chi connectivity index (χ2v) is 13.2. The van der Waals surface area contributed by atoms with E-state index in [1.54, 1.807) is 35.2 Å². The number of halogens is 2. The summed E-state index contributed by atoms with van der Waals surface area (Å²) < 4.78 is 31.8. The molecule has 0 fully saturated rings. The Morgan fingerprint density at radius 3 is 2.28 bits per heavy atom. The Balaban J connectivity index is 1.90. The third-order valence-corrected chi connectivity index (χ3v) is 8.81. The van der Waals surface area contributed by atoms with E-state index >= 15 is 0 Å². The Morgan fingerprint density at radius 1 is 0.977 bits per heavy atom. The van der Waals surface area contributed by atoms with E-state index in [0.717, 1.165) is 23.8 Å². The number of nitrogens with one attached hydrogen (secondary N) is 1. The molecule has 8 nitrogen and oxygen atoms in total. The third-order valence-electron chi connectivity index (χ3n) is 7.09. The largest absolute Gasteiger partial charge is 0.495 e. The number of ether oxygens (including phenoxy) is 1. The number of hydrogen-bond donors (Lipinski definition) is 1. The van der Waals surface area contributed by atoms with Gasteiger partial charge in [-0.1, -0.05) is 72.6 Å². The second kappa shape index (κ2) is 16.0. The first-order valence-corrected chi connectivity index (χ1v) is 16.7. The summed E-state index contributed by atoms with van der Waals surface area (Å²) in [5.41, 5.74) is 2.06. The maximum Gasteiger partial charge on any atom is 0.243 e. The first-order chi connectivity index (χ1) is 20.4. The average Bonchev–Trinajstić information content (AvgIpc) is 2.96. The van der Waals surface area contributed by atoms with Crippen LogP contribution >= 0.6 is 23.2 Å². The number of hydrogen-bond acceptors (Lipinski definition) is 5. The molecule has 3 aromatic carbocycles. The molecule has 0 heterocycles. The van der Waals surface area contributed by atoms with E-state index in [1.165, 1.54) is 17.5 Å². The maximum atomic E-state index is 13.9. The van der Waals surface area contributed by atoms with Crippen molar-refractivity contribution in [3.8, 4) is 5.75 Å². The lowest BCUT2D eigenvalue weighted by atomic mass is 10.0. The number of carbonyl (C=O) groups excluding carboxylic acids is 2. The van der Waals surface area contributed by atoms with Gasteiger partial charge in [-0.2, -0.15) is 0 Å². The van der Waals surface area contributed by atoms with Gasteiger partial charge in [0.25, 0.3) is 0 Å². The maximum absolute atomic E-state index is 13.9. The number of amides is 2. The molecule has 0 radical (unpaired) electrons. The average molecular weight is 649 g/mol. The molecular weight excluding hydrogens is 609 g/mol. The Bertz CT molecular complexity index is 1490. The van der Waals surface area contributed by atoms with Gasteiger partial charge in [-0.15, -0.1) is 0 Å². The molecule has 3 aromatic rings. The van der Waals surface area contributed by atoms with Crippen LogP contribution in [0.15, 0.2) is 72.8 Å². The van der Waals surface area contributed by atoms with Gasteiger partial charge in [0.2, 0.25) is 21.8 Å². The van der Waals surface area contributed by atoms with Gasteiger partial charge in [-0.3, -0.25) is 13.9 Å². The van der Waals surface area contributed by atoms with E-state index in [0.29, 0.717) is 22.9 Å². The zero-order valence-corrected chi connectivity index (χ0v) is 27.3. The first kappa shape index (κ1) is 34.2. The van der Waals surface area contributed by atoms with Gasteiger partial charge in [-0.25, -0.2) is 8.42 Å². The predicted octanol–water partition coefficient (Wildman–Crippen LogP) is 6.10. The van der Waals surface area contributed by atoms with E-state index in [2.05, 4.69) is 5.32 Å². The molecule has 2 atom stereocenters. The molecule has 0 spiro atoms. The molecule has 232 valence electrons. The number of rotatable bonds is 15. The standard InChI is InChI=1S/C32H39Cl2N3O5S/c1-5-23(2)35-32(39)29(20-24-11-7-6-8-12-24)36(22-25-13-9-14-26(33)19-25)31(38)15-10-18-37(43(4,40)41)27-16-17-30(42-3)28(34)21-27/h6-9,11-14,16-17,19,21,23,29H,5,10,15,18,20,22H2,1-4H3,(H,35,39)/t23-,29+/m0/s1. The minimum Gasteiger partial charge on any atom is -0.495 e. The summed E-state index contributed by atoms with van der Waals surface area (Å²) >= 11 is 12.5. The van der Waals surface area contributed by atoms with E-state index < -0.39 is 16.1 Å². The molecule has 0 unspecified atom stereocenters. The van der Waals surface area contributed by atoms with Crippen molar-refractivity contribution in [2.24, 2.45) is 0 Å². The van der Waals surface area contributed by atoms with Gasteiger partial charge >= 0.3 is 0 Å². The van der Waals surface area contributed by atoms with Crippen LogP contribution in [0.25, 0.3) is 0 Å². The van der Waals surface area contributed by atoms with E-state index in [-0.39, 0.29) is 48.8 Å². The minimum atomic E-state index is -3.68. The second-order valence-electron chi connectivity index (χ2n) is 10.4. The fourth-order valence-electron chi connectivity index (χ4n) is 4.64.